The molecule has 40 heavy (non-hydrogen) atoms. The number of rotatable bonds is 12. The zero-order chi connectivity index (χ0) is 28.5. The molecule has 7 heteroatoms. The summed E-state index contributed by atoms with van der Waals surface area (Å²) in [5, 5.41) is 3.11. The molecule has 214 valence electrons. The fourth-order valence-corrected chi connectivity index (χ4v) is 5.66. The zero-order valence-electron chi connectivity index (χ0n) is 23.9. The first-order valence-electron chi connectivity index (χ1n) is 14.5. The Hall–Kier alpha value is -3.61. The summed E-state index contributed by atoms with van der Waals surface area (Å²) in [6, 6.07) is 11.8. The summed E-state index contributed by atoms with van der Waals surface area (Å²) in [7, 11) is 0. The standard InChI is InChI=1S/C33H41NO6/c1-4-9-24(19-27-15-14-26-11-6-7-12-28(26)34-33(27)37)10-5-8-13-31(36)40-29(23(3)35)20-25-18-22(2)32-30(21-25)38-16-17-39-32/h6-8,11-13,18,21,24,27,29H,4-5,9-10,14-17,19-20H2,1-3H3,(H,34,37)/b13-8+/t24?,27?,29-/m1/s1. The first kappa shape index (κ1) is 29.4. The van der Waals surface area contributed by atoms with Gasteiger partial charge in [0.1, 0.15) is 13.2 Å². The van der Waals surface area contributed by atoms with Crippen molar-refractivity contribution < 1.29 is 28.6 Å². The van der Waals surface area contributed by atoms with Crippen LogP contribution in [0, 0.1) is 18.8 Å². The van der Waals surface area contributed by atoms with E-state index in [4.69, 9.17) is 14.2 Å². The minimum absolute atomic E-state index is 0.0154. The Labute approximate surface area is 237 Å². The third-order valence-corrected chi connectivity index (χ3v) is 7.74. The molecular weight excluding hydrogens is 506 g/mol. The highest BCUT2D eigenvalue weighted by Crippen LogP contribution is 2.35. The van der Waals surface area contributed by atoms with Gasteiger partial charge < -0.3 is 19.5 Å². The maximum absolute atomic E-state index is 12.9. The number of carbonyl (C=O) groups is 3. The second-order valence-electron chi connectivity index (χ2n) is 10.9. The third kappa shape index (κ3) is 7.96. The molecule has 0 bridgehead atoms. The van der Waals surface area contributed by atoms with E-state index in [1.165, 1.54) is 18.6 Å². The summed E-state index contributed by atoms with van der Waals surface area (Å²) in [5.74, 6) is 1.13. The highest BCUT2D eigenvalue weighted by molar-refractivity contribution is 5.94. The molecule has 0 saturated heterocycles. The summed E-state index contributed by atoms with van der Waals surface area (Å²) in [6.45, 7) is 6.52. The van der Waals surface area contributed by atoms with Crippen molar-refractivity contribution in [3.8, 4) is 11.5 Å². The van der Waals surface area contributed by atoms with Crippen LogP contribution < -0.4 is 14.8 Å². The number of benzene rings is 2. The molecule has 2 heterocycles. The molecule has 0 spiro atoms. The van der Waals surface area contributed by atoms with Crippen molar-refractivity contribution in [1.82, 2.24) is 0 Å². The highest BCUT2D eigenvalue weighted by Gasteiger charge is 2.26. The number of ketones is 1. The van der Waals surface area contributed by atoms with Gasteiger partial charge in [-0.25, -0.2) is 4.79 Å². The lowest BCUT2D eigenvalue weighted by Gasteiger charge is -2.22. The van der Waals surface area contributed by atoms with Crippen molar-refractivity contribution >= 4 is 23.3 Å². The molecule has 4 rings (SSSR count). The number of esters is 1. The summed E-state index contributed by atoms with van der Waals surface area (Å²) >= 11 is 0. The first-order chi connectivity index (χ1) is 19.3. The van der Waals surface area contributed by atoms with Crippen molar-refractivity contribution in [2.45, 2.75) is 78.2 Å². The van der Waals surface area contributed by atoms with Gasteiger partial charge in [0.15, 0.2) is 23.4 Å². The van der Waals surface area contributed by atoms with Crippen molar-refractivity contribution in [2.75, 3.05) is 18.5 Å². The third-order valence-electron chi connectivity index (χ3n) is 7.74. The van der Waals surface area contributed by atoms with E-state index >= 15 is 0 Å². The number of Topliss-reactive ketones (excluding diaryl/α,β-unsaturated/α-hetero) is 1. The Bertz CT molecular complexity index is 1240. The minimum Gasteiger partial charge on any atom is -0.486 e. The molecule has 0 radical (unpaired) electrons. The number of para-hydroxylation sites is 1. The second-order valence-corrected chi connectivity index (χ2v) is 10.9. The first-order valence-corrected chi connectivity index (χ1v) is 14.5. The van der Waals surface area contributed by atoms with E-state index in [1.54, 1.807) is 0 Å². The van der Waals surface area contributed by atoms with E-state index in [9.17, 15) is 14.4 Å². The Morgan fingerprint density at radius 3 is 2.75 bits per heavy atom. The topological polar surface area (TPSA) is 90.9 Å². The quantitative estimate of drug-likeness (QED) is 0.253. The molecule has 3 atom stereocenters. The van der Waals surface area contributed by atoms with Crippen molar-refractivity contribution in [3.63, 3.8) is 0 Å². The monoisotopic (exact) mass is 547 g/mol. The van der Waals surface area contributed by atoms with Gasteiger partial charge in [-0.3, -0.25) is 9.59 Å². The fourth-order valence-electron chi connectivity index (χ4n) is 5.66. The average Bonchev–Trinajstić information content (AvgIpc) is 3.09. The van der Waals surface area contributed by atoms with Crippen molar-refractivity contribution in [1.29, 1.82) is 0 Å². The summed E-state index contributed by atoms with van der Waals surface area (Å²) in [6.07, 6.45) is 8.91. The molecule has 0 aliphatic carbocycles. The molecule has 0 saturated carbocycles. The van der Waals surface area contributed by atoms with E-state index in [2.05, 4.69) is 18.3 Å². The largest absolute Gasteiger partial charge is 0.486 e. The molecule has 2 aromatic rings. The number of amides is 1. The van der Waals surface area contributed by atoms with Crippen molar-refractivity contribution in [3.05, 3.63) is 65.2 Å². The van der Waals surface area contributed by atoms with Crippen LogP contribution in [-0.4, -0.2) is 37.0 Å². The lowest BCUT2D eigenvalue weighted by atomic mass is 9.85. The van der Waals surface area contributed by atoms with Crippen molar-refractivity contribution in [2.24, 2.45) is 11.8 Å². The number of anilines is 1. The number of ether oxygens (including phenoxy) is 3. The number of carbonyl (C=O) groups excluding carboxylic acids is 3. The summed E-state index contributed by atoms with van der Waals surface area (Å²) < 4.78 is 16.9. The lowest BCUT2D eigenvalue weighted by molar-refractivity contribution is -0.149. The Kier molecular flexibility index (Phi) is 10.4. The minimum atomic E-state index is -0.871. The summed E-state index contributed by atoms with van der Waals surface area (Å²) in [4.78, 5) is 37.7. The van der Waals surface area contributed by atoms with Crippen LogP contribution in [0.5, 0.6) is 11.5 Å². The predicted molar refractivity (Wildman–Crippen MR) is 155 cm³/mol. The van der Waals surface area contributed by atoms with E-state index in [0.717, 1.165) is 61.1 Å². The zero-order valence-corrected chi connectivity index (χ0v) is 23.9. The maximum Gasteiger partial charge on any atom is 0.331 e. The Morgan fingerprint density at radius 2 is 1.95 bits per heavy atom. The van der Waals surface area contributed by atoms with Gasteiger partial charge in [-0.05, 0) is 80.7 Å². The van der Waals surface area contributed by atoms with Crippen LogP contribution in [0.2, 0.25) is 0 Å². The van der Waals surface area contributed by atoms with Gasteiger partial charge in [-0.2, -0.15) is 0 Å². The molecule has 0 aromatic heterocycles. The van der Waals surface area contributed by atoms with Gasteiger partial charge in [0.2, 0.25) is 5.91 Å². The van der Waals surface area contributed by atoms with E-state index in [-0.39, 0.29) is 24.0 Å². The molecule has 2 aromatic carbocycles. The SMILES string of the molecule is CCCC(CC/C=C/C(=O)O[C@H](Cc1cc(C)c2c(c1)OCCO2)C(C)=O)CC1CCc2ccccc2NC1=O. The molecule has 2 aliphatic heterocycles. The second kappa shape index (κ2) is 14.1. The number of allylic oxidation sites excluding steroid dienone is 1. The smallest absolute Gasteiger partial charge is 0.331 e. The summed E-state index contributed by atoms with van der Waals surface area (Å²) in [5.41, 5.74) is 3.90. The number of hydrogen-bond acceptors (Lipinski definition) is 6. The normalized spacial score (nSPS) is 17.9. The molecule has 2 unspecified atom stereocenters. The van der Waals surface area contributed by atoms with Crippen LogP contribution in [0.25, 0.3) is 0 Å². The Balaban J connectivity index is 1.27. The van der Waals surface area contributed by atoms with Gasteiger partial charge in [0, 0.05) is 24.1 Å². The van der Waals surface area contributed by atoms with Crippen LogP contribution in [0.3, 0.4) is 0 Å². The number of hydrogen-bond donors (Lipinski definition) is 1. The number of fused-ring (bicyclic) bond motifs is 2. The van der Waals surface area contributed by atoms with Crippen LogP contribution in [-0.2, 0) is 32.0 Å². The van der Waals surface area contributed by atoms with Crippen LogP contribution in [0.1, 0.15) is 69.1 Å². The molecule has 2 aliphatic rings. The molecule has 1 amide bonds. The van der Waals surface area contributed by atoms with Crippen LogP contribution >= 0.6 is 0 Å². The highest BCUT2D eigenvalue weighted by atomic mass is 16.6. The number of aryl methyl sites for hydroxylation is 2. The predicted octanol–water partition coefficient (Wildman–Crippen LogP) is 6.15. The average molecular weight is 548 g/mol. The van der Waals surface area contributed by atoms with Gasteiger partial charge in [-0.15, -0.1) is 0 Å². The van der Waals surface area contributed by atoms with Gasteiger partial charge >= 0.3 is 5.97 Å². The van der Waals surface area contributed by atoms with Gasteiger partial charge in [-0.1, -0.05) is 50.1 Å². The van der Waals surface area contributed by atoms with Gasteiger partial charge in [0.25, 0.3) is 0 Å². The lowest BCUT2D eigenvalue weighted by Crippen LogP contribution is -2.27. The molecule has 0 fully saturated rings. The molecular formula is C33H41NO6. The molecule has 7 nitrogen and oxygen atoms in total. The van der Waals surface area contributed by atoms with E-state index in [0.29, 0.717) is 31.3 Å². The molecule has 1 N–H and O–H groups in total. The van der Waals surface area contributed by atoms with Gasteiger partial charge in [0.05, 0.1) is 0 Å². The fraction of sp³-hybridized carbons (Fsp3) is 0.485. The van der Waals surface area contributed by atoms with E-state index in [1.807, 2.05) is 43.3 Å². The number of nitrogens with one attached hydrogen (secondary N) is 1. The van der Waals surface area contributed by atoms with Crippen LogP contribution in [0.15, 0.2) is 48.6 Å². The Morgan fingerprint density at radius 1 is 1.15 bits per heavy atom. The maximum atomic E-state index is 12.9. The van der Waals surface area contributed by atoms with E-state index < -0.39 is 12.1 Å². The van der Waals surface area contributed by atoms with Crippen LogP contribution in [0.4, 0.5) is 5.69 Å².